The monoisotopic (exact) mass is 141 g/mol. The summed E-state index contributed by atoms with van der Waals surface area (Å²) in [6.07, 6.45) is 4.03. The van der Waals surface area contributed by atoms with Gasteiger partial charge in [0.25, 0.3) is 0 Å². The third kappa shape index (κ3) is 1.98. The lowest BCUT2D eigenvalue weighted by Crippen LogP contribution is -2.28. The molecule has 1 nitrogen and oxygen atoms in total. The number of hydrogen-bond acceptors (Lipinski definition) is 1. The molecule has 60 valence electrons. The van der Waals surface area contributed by atoms with Crippen LogP contribution < -0.4 is 5.32 Å². The summed E-state index contributed by atoms with van der Waals surface area (Å²) in [7, 11) is 0. The van der Waals surface area contributed by atoms with E-state index in [0.717, 1.165) is 18.0 Å². The molecule has 0 aliphatic heterocycles. The SMILES string of the molecule is CCC(C)NC1CC1CC. The quantitative estimate of drug-likeness (QED) is 0.632. The van der Waals surface area contributed by atoms with Gasteiger partial charge in [-0.3, -0.25) is 0 Å². The van der Waals surface area contributed by atoms with Crippen molar-refractivity contribution in [2.75, 3.05) is 0 Å². The average molecular weight is 141 g/mol. The fourth-order valence-corrected chi connectivity index (χ4v) is 1.39. The van der Waals surface area contributed by atoms with Crippen LogP contribution in [0.4, 0.5) is 0 Å². The summed E-state index contributed by atoms with van der Waals surface area (Å²) in [6, 6.07) is 1.58. The van der Waals surface area contributed by atoms with Crippen molar-refractivity contribution >= 4 is 0 Å². The van der Waals surface area contributed by atoms with Crippen LogP contribution in [-0.4, -0.2) is 12.1 Å². The summed E-state index contributed by atoms with van der Waals surface area (Å²) in [5.41, 5.74) is 0. The molecule has 0 saturated heterocycles. The van der Waals surface area contributed by atoms with Gasteiger partial charge >= 0.3 is 0 Å². The van der Waals surface area contributed by atoms with Gasteiger partial charge in [-0.1, -0.05) is 20.3 Å². The molecule has 0 heterocycles. The molecule has 0 radical (unpaired) electrons. The zero-order valence-electron chi connectivity index (χ0n) is 7.35. The van der Waals surface area contributed by atoms with Gasteiger partial charge in [0, 0.05) is 12.1 Å². The third-order valence-electron chi connectivity index (χ3n) is 2.56. The maximum atomic E-state index is 3.60. The molecule has 1 saturated carbocycles. The van der Waals surface area contributed by atoms with Crippen molar-refractivity contribution in [1.82, 2.24) is 5.32 Å². The number of rotatable bonds is 4. The second kappa shape index (κ2) is 3.38. The fourth-order valence-electron chi connectivity index (χ4n) is 1.39. The lowest BCUT2D eigenvalue weighted by atomic mass is 10.2. The normalized spacial score (nSPS) is 33.9. The first-order valence-electron chi connectivity index (χ1n) is 4.54. The Morgan fingerprint density at radius 1 is 1.50 bits per heavy atom. The second-order valence-electron chi connectivity index (χ2n) is 3.49. The molecule has 1 N–H and O–H groups in total. The molecule has 10 heavy (non-hydrogen) atoms. The summed E-state index contributed by atoms with van der Waals surface area (Å²) in [4.78, 5) is 0. The first kappa shape index (κ1) is 8.06. The Morgan fingerprint density at radius 3 is 2.60 bits per heavy atom. The topological polar surface area (TPSA) is 12.0 Å². The van der Waals surface area contributed by atoms with Crippen LogP contribution in [0.5, 0.6) is 0 Å². The highest BCUT2D eigenvalue weighted by Crippen LogP contribution is 2.33. The van der Waals surface area contributed by atoms with Crippen molar-refractivity contribution in [3.63, 3.8) is 0 Å². The molecule has 1 heteroatoms. The maximum Gasteiger partial charge on any atom is 0.0101 e. The summed E-state index contributed by atoms with van der Waals surface area (Å²) in [6.45, 7) is 6.79. The van der Waals surface area contributed by atoms with Gasteiger partial charge in [0.2, 0.25) is 0 Å². The lowest BCUT2D eigenvalue weighted by molar-refractivity contribution is 0.508. The summed E-state index contributed by atoms with van der Waals surface area (Å²) in [5.74, 6) is 0.994. The maximum absolute atomic E-state index is 3.60. The van der Waals surface area contributed by atoms with E-state index < -0.39 is 0 Å². The van der Waals surface area contributed by atoms with Crippen LogP contribution in [0, 0.1) is 5.92 Å². The summed E-state index contributed by atoms with van der Waals surface area (Å²) >= 11 is 0. The largest absolute Gasteiger partial charge is 0.311 e. The van der Waals surface area contributed by atoms with Gasteiger partial charge in [0.05, 0.1) is 0 Å². The Kier molecular flexibility index (Phi) is 2.72. The van der Waals surface area contributed by atoms with Gasteiger partial charge < -0.3 is 5.32 Å². The van der Waals surface area contributed by atoms with Crippen molar-refractivity contribution in [1.29, 1.82) is 0 Å². The highest BCUT2D eigenvalue weighted by Gasteiger charge is 2.35. The van der Waals surface area contributed by atoms with E-state index in [1.165, 1.54) is 19.3 Å². The van der Waals surface area contributed by atoms with E-state index in [1.54, 1.807) is 0 Å². The number of nitrogens with one attached hydrogen (secondary N) is 1. The molecular formula is C9H19N. The van der Waals surface area contributed by atoms with E-state index in [2.05, 4.69) is 26.1 Å². The molecule has 3 atom stereocenters. The first-order valence-corrected chi connectivity index (χ1v) is 4.54. The summed E-state index contributed by atoms with van der Waals surface area (Å²) in [5, 5.41) is 3.60. The van der Waals surface area contributed by atoms with Gasteiger partial charge in [-0.15, -0.1) is 0 Å². The van der Waals surface area contributed by atoms with Crippen molar-refractivity contribution in [2.24, 2.45) is 5.92 Å². The van der Waals surface area contributed by atoms with Crippen LogP contribution >= 0.6 is 0 Å². The highest BCUT2D eigenvalue weighted by atomic mass is 15.0. The van der Waals surface area contributed by atoms with Gasteiger partial charge in [0.15, 0.2) is 0 Å². The Balaban J connectivity index is 2.05. The minimum absolute atomic E-state index is 0.724. The Hall–Kier alpha value is -0.0400. The standard InChI is InChI=1S/C9H19N/c1-4-7(3)10-9-6-8(9)5-2/h7-10H,4-6H2,1-3H3. The molecule has 1 rings (SSSR count). The van der Waals surface area contributed by atoms with Crippen LogP contribution in [-0.2, 0) is 0 Å². The molecule has 0 aromatic carbocycles. The van der Waals surface area contributed by atoms with E-state index in [1.807, 2.05) is 0 Å². The van der Waals surface area contributed by atoms with Crippen molar-refractivity contribution in [3.8, 4) is 0 Å². The molecule has 0 amide bonds. The Bertz CT molecular complexity index is 101. The van der Waals surface area contributed by atoms with Crippen LogP contribution in [0.2, 0.25) is 0 Å². The predicted octanol–water partition coefficient (Wildman–Crippen LogP) is 2.17. The minimum Gasteiger partial charge on any atom is -0.311 e. The van der Waals surface area contributed by atoms with Gasteiger partial charge in [-0.2, -0.15) is 0 Å². The molecule has 1 fully saturated rings. The molecule has 0 aromatic rings. The van der Waals surface area contributed by atoms with E-state index in [4.69, 9.17) is 0 Å². The molecule has 0 aromatic heterocycles. The minimum atomic E-state index is 0.724. The van der Waals surface area contributed by atoms with E-state index in [-0.39, 0.29) is 0 Å². The zero-order valence-corrected chi connectivity index (χ0v) is 7.35. The van der Waals surface area contributed by atoms with Crippen molar-refractivity contribution in [2.45, 2.75) is 52.1 Å². The molecule has 1 aliphatic rings. The van der Waals surface area contributed by atoms with E-state index in [9.17, 15) is 0 Å². The zero-order chi connectivity index (χ0) is 7.56. The van der Waals surface area contributed by atoms with Crippen LogP contribution in [0.1, 0.15) is 40.0 Å². The van der Waals surface area contributed by atoms with Crippen molar-refractivity contribution < 1.29 is 0 Å². The molecular weight excluding hydrogens is 122 g/mol. The Labute approximate surface area is 64.2 Å². The molecule has 0 bridgehead atoms. The van der Waals surface area contributed by atoms with Gasteiger partial charge in [0.1, 0.15) is 0 Å². The number of hydrogen-bond donors (Lipinski definition) is 1. The molecule has 0 spiro atoms. The van der Waals surface area contributed by atoms with Crippen LogP contribution in [0.15, 0.2) is 0 Å². The van der Waals surface area contributed by atoms with Crippen molar-refractivity contribution in [3.05, 3.63) is 0 Å². The molecule has 1 aliphatic carbocycles. The molecule has 3 unspecified atom stereocenters. The van der Waals surface area contributed by atoms with Crippen LogP contribution in [0.3, 0.4) is 0 Å². The third-order valence-corrected chi connectivity index (χ3v) is 2.56. The van der Waals surface area contributed by atoms with E-state index >= 15 is 0 Å². The Morgan fingerprint density at radius 2 is 2.20 bits per heavy atom. The van der Waals surface area contributed by atoms with E-state index in [0.29, 0.717) is 0 Å². The van der Waals surface area contributed by atoms with Gasteiger partial charge in [-0.25, -0.2) is 0 Å². The van der Waals surface area contributed by atoms with Crippen LogP contribution in [0.25, 0.3) is 0 Å². The highest BCUT2D eigenvalue weighted by molar-refractivity contribution is 4.92. The second-order valence-corrected chi connectivity index (χ2v) is 3.49. The smallest absolute Gasteiger partial charge is 0.0101 e. The first-order chi connectivity index (χ1) is 4.77. The lowest BCUT2D eigenvalue weighted by Gasteiger charge is -2.09. The fraction of sp³-hybridized carbons (Fsp3) is 1.00. The summed E-state index contributed by atoms with van der Waals surface area (Å²) < 4.78 is 0. The predicted molar refractivity (Wildman–Crippen MR) is 45.1 cm³/mol. The van der Waals surface area contributed by atoms with Gasteiger partial charge in [-0.05, 0) is 25.7 Å². The average Bonchev–Trinajstić information content (AvgIpc) is 2.67.